The highest BCUT2D eigenvalue weighted by Gasteiger charge is 2.25. The minimum Gasteiger partial charge on any atom is -0.350 e. The predicted molar refractivity (Wildman–Crippen MR) is 175 cm³/mol. The highest BCUT2D eigenvalue weighted by atomic mass is 32.2. The second-order valence-corrected chi connectivity index (χ2v) is 12.5. The largest absolute Gasteiger partial charge is 0.350 e. The number of hydrogen-bond acceptors (Lipinski definition) is 8. The first-order valence-corrected chi connectivity index (χ1v) is 16.0. The Hall–Kier alpha value is -4.57. The average molecular weight is 605 g/mol. The summed E-state index contributed by atoms with van der Waals surface area (Å²) in [7, 11) is 0. The Morgan fingerprint density at radius 1 is 0.818 bits per heavy atom. The second-order valence-electron chi connectivity index (χ2n) is 11.5. The lowest BCUT2D eigenvalue weighted by Crippen LogP contribution is -2.37. The van der Waals surface area contributed by atoms with Crippen LogP contribution in [-0.2, 0) is 0 Å². The molecular formula is C34H32N6O3S. The Morgan fingerprint density at radius 3 is 2.30 bits per heavy atom. The Labute approximate surface area is 258 Å². The smallest absolute Gasteiger partial charge is 0.318 e. The van der Waals surface area contributed by atoms with Crippen molar-refractivity contribution in [2.45, 2.75) is 60.9 Å². The van der Waals surface area contributed by atoms with Crippen LogP contribution in [0.5, 0.6) is 0 Å². The zero-order valence-electron chi connectivity index (χ0n) is 24.3. The van der Waals surface area contributed by atoms with Crippen molar-refractivity contribution < 1.29 is 4.92 Å². The summed E-state index contributed by atoms with van der Waals surface area (Å²) < 4.78 is 1.47. The topological polar surface area (TPSA) is 107 Å². The summed E-state index contributed by atoms with van der Waals surface area (Å²) in [6.45, 7) is 1.59. The van der Waals surface area contributed by atoms with Gasteiger partial charge in [-0.25, -0.2) is 0 Å². The van der Waals surface area contributed by atoms with Gasteiger partial charge in [0.25, 0.3) is 5.69 Å². The number of piperidine rings is 1. The van der Waals surface area contributed by atoms with Crippen LogP contribution in [0.25, 0.3) is 21.5 Å². The molecule has 0 amide bonds. The number of benzene rings is 4. The predicted octanol–water partition coefficient (Wildman–Crippen LogP) is 7.56. The van der Waals surface area contributed by atoms with E-state index in [0.29, 0.717) is 16.4 Å². The van der Waals surface area contributed by atoms with E-state index < -0.39 is 0 Å². The van der Waals surface area contributed by atoms with Gasteiger partial charge in [-0.1, -0.05) is 60.7 Å². The van der Waals surface area contributed by atoms with Crippen molar-refractivity contribution >= 4 is 50.5 Å². The highest BCUT2D eigenvalue weighted by molar-refractivity contribution is 7.99. The van der Waals surface area contributed by atoms with Crippen molar-refractivity contribution in [3.05, 3.63) is 105 Å². The minimum atomic E-state index is -0.315. The maximum Gasteiger partial charge on any atom is 0.318 e. The van der Waals surface area contributed by atoms with Crippen LogP contribution in [0.2, 0.25) is 0 Å². The molecule has 1 aliphatic carbocycles. The summed E-state index contributed by atoms with van der Waals surface area (Å²) in [5, 5.41) is 29.9. The Bertz CT molecular complexity index is 1950. The monoisotopic (exact) mass is 604 g/mol. The number of nitro benzene ring substituents is 1. The molecule has 0 unspecified atom stereocenters. The summed E-state index contributed by atoms with van der Waals surface area (Å²) in [6, 6.07) is 25.4. The number of non-ortho nitro benzene ring substituents is 1. The normalized spacial score (nSPS) is 17.2. The third kappa shape index (κ3) is 5.45. The first-order chi connectivity index (χ1) is 21.6. The maximum atomic E-state index is 14.0. The molecule has 0 atom stereocenters. The SMILES string of the molecule is O=c1c(N2CCCCC2)nnc(Sc2cccc3ccccc23)n1N=C1CCC(c2ccc([N+](=O)[O-])c3ccccc23)CC1. The Kier molecular flexibility index (Phi) is 7.82. The van der Waals surface area contributed by atoms with Crippen LogP contribution in [0.1, 0.15) is 56.4 Å². The Morgan fingerprint density at radius 2 is 1.52 bits per heavy atom. The zero-order valence-corrected chi connectivity index (χ0v) is 25.1. The quantitative estimate of drug-likeness (QED) is 0.145. The molecule has 7 rings (SSSR count). The third-order valence-electron chi connectivity index (χ3n) is 8.78. The standard InChI is InChI=1S/C34H32N6O3S/c41-33-32(38-21-6-1-7-22-38)35-36-34(44-31-14-8-10-23-9-2-3-11-27(23)31)39(33)37-25-17-15-24(16-18-25)26-19-20-30(40(42)43)29-13-5-4-12-28(26)29/h2-5,8-14,19-20,24H,1,6-7,15-18,21-22H2. The molecule has 9 nitrogen and oxygen atoms in total. The molecule has 222 valence electrons. The highest BCUT2D eigenvalue weighted by Crippen LogP contribution is 2.39. The van der Waals surface area contributed by atoms with E-state index in [-0.39, 0.29) is 22.1 Å². The minimum absolute atomic E-state index is 0.132. The summed E-state index contributed by atoms with van der Waals surface area (Å²) in [5.74, 6) is 0.614. The van der Waals surface area contributed by atoms with Gasteiger partial charge in [0.15, 0.2) is 0 Å². The molecule has 0 N–H and O–H groups in total. The summed E-state index contributed by atoms with van der Waals surface area (Å²) in [5.41, 5.74) is 1.98. The van der Waals surface area contributed by atoms with Crippen molar-refractivity contribution in [3.8, 4) is 0 Å². The fourth-order valence-corrected chi connectivity index (χ4v) is 7.45. The van der Waals surface area contributed by atoms with Gasteiger partial charge in [-0.05, 0) is 96.5 Å². The number of nitrogens with zero attached hydrogens (tertiary/aromatic N) is 6. The molecule has 5 aromatic rings. The van der Waals surface area contributed by atoms with Crippen LogP contribution in [0, 0.1) is 10.1 Å². The first kappa shape index (κ1) is 28.2. The maximum absolute atomic E-state index is 14.0. The van der Waals surface area contributed by atoms with E-state index >= 15 is 0 Å². The van der Waals surface area contributed by atoms with E-state index in [2.05, 4.69) is 28.4 Å². The second kappa shape index (κ2) is 12.2. The van der Waals surface area contributed by atoms with Gasteiger partial charge in [-0.2, -0.15) is 9.78 Å². The first-order valence-electron chi connectivity index (χ1n) is 15.2. The molecular weight excluding hydrogens is 572 g/mol. The van der Waals surface area contributed by atoms with E-state index in [0.717, 1.165) is 90.4 Å². The van der Waals surface area contributed by atoms with Crippen LogP contribution in [0.15, 0.2) is 98.8 Å². The lowest BCUT2D eigenvalue weighted by Gasteiger charge is -2.27. The van der Waals surface area contributed by atoms with Crippen LogP contribution < -0.4 is 10.5 Å². The van der Waals surface area contributed by atoms with Gasteiger partial charge >= 0.3 is 5.56 Å². The summed E-state index contributed by atoms with van der Waals surface area (Å²) in [4.78, 5) is 28.3. The van der Waals surface area contributed by atoms with Crippen molar-refractivity contribution in [2.24, 2.45) is 5.10 Å². The number of nitro groups is 1. The number of aromatic nitrogens is 3. The van der Waals surface area contributed by atoms with Crippen molar-refractivity contribution in [1.29, 1.82) is 0 Å². The van der Waals surface area contributed by atoms with Crippen LogP contribution >= 0.6 is 11.8 Å². The fraction of sp³-hybridized carbons (Fsp3) is 0.294. The van der Waals surface area contributed by atoms with E-state index in [1.54, 1.807) is 6.07 Å². The molecule has 4 aromatic carbocycles. The molecule has 0 bridgehead atoms. The van der Waals surface area contributed by atoms with Gasteiger partial charge in [0.2, 0.25) is 11.0 Å². The van der Waals surface area contributed by atoms with Crippen LogP contribution in [0.4, 0.5) is 11.5 Å². The van der Waals surface area contributed by atoms with Gasteiger partial charge in [-0.15, -0.1) is 10.2 Å². The average Bonchev–Trinajstić information content (AvgIpc) is 3.07. The molecule has 2 aliphatic rings. The fourth-order valence-electron chi connectivity index (χ4n) is 6.52. The molecule has 10 heteroatoms. The number of fused-ring (bicyclic) bond motifs is 2. The molecule has 2 fully saturated rings. The number of hydrogen-bond donors (Lipinski definition) is 0. The molecule has 1 saturated heterocycles. The lowest BCUT2D eigenvalue weighted by molar-refractivity contribution is -0.383. The molecule has 0 spiro atoms. The number of rotatable bonds is 6. The van der Waals surface area contributed by atoms with Crippen molar-refractivity contribution in [3.63, 3.8) is 0 Å². The van der Waals surface area contributed by atoms with Gasteiger partial charge in [0.1, 0.15) is 0 Å². The summed E-state index contributed by atoms with van der Waals surface area (Å²) in [6.07, 6.45) is 6.35. The third-order valence-corrected chi connectivity index (χ3v) is 9.79. The molecule has 1 aromatic heterocycles. The van der Waals surface area contributed by atoms with E-state index in [1.165, 1.54) is 16.4 Å². The van der Waals surface area contributed by atoms with Gasteiger partial charge < -0.3 is 4.90 Å². The van der Waals surface area contributed by atoms with Crippen molar-refractivity contribution in [2.75, 3.05) is 18.0 Å². The van der Waals surface area contributed by atoms with Crippen LogP contribution in [-0.4, -0.2) is 38.6 Å². The Balaban J connectivity index is 1.21. The summed E-state index contributed by atoms with van der Waals surface area (Å²) >= 11 is 1.41. The lowest BCUT2D eigenvalue weighted by atomic mass is 9.81. The molecule has 44 heavy (non-hydrogen) atoms. The van der Waals surface area contributed by atoms with Gasteiger partial charge in [0, 0.05) is 29.8 Å². The van der Waals surface area contributed by atoms with Gasteiger partial charge in [-0.3, -0.25) is 14.9 Å². The molecule has 1 aliphatic heterocycles. The van der Waals surface area contributed by atoms with Gasteiger partial charge in [0.05, 0.1) is 10.3 Å². The van der Waals surface area contributed by atoms with Crippen molar-refractivity contribution in [1.82, 2.24) is 14.9 Å². The molecule has 2 heterocycles. The van der Waals surface area contributed by atoms with E-state index in [4.69, 9.17) is 5.10 Å². The van der Waals surface area contributed by atoms with Crippen LogP contribution in [0.3, 0.4) is 0 Å². The molecule has 0 radical (unpaired) electrons. The zero-order chi connectivity index (χ0) is 30.0. The van der Waals surface area contributed by atoms with E-state index in [9.17, 15) is 14.9 Å². The van der Waals surface area contributed by atoms with E-state index in [1.807, 2.05) is 59.5 Å². The molecule has 1 saturated carbocycles. The number of anilines is 1.